The van der Waals surface area contributed by atoms with Crippen molar-refractivity contribution in [3.8, 4) is 33.4 Å². The summed E-state index contributed by atoms with van der Waals surface area (Å²) in [5.41, 5.74) is 18.3. The van der Waals surface area contributed by atoms with E-state index >= 15 is 0 Å². The predicted octanol–water partition coefficient (Wildman–Crippen LogP) is 17.3. The van der Waals surface area contributed by atoms with E-state index in [0.717, 1.165) is 67.2 Å². The summed E-state index contributed by atoms with van der Waals surface area (Å²) in [5.74, 6) is 0. The average molecular weight is 821 g/mol. The summed E-state index contributed by atoms with van der Waals surface area (Å²) < 4.78 is 6.31. The molecule has 0 spiro atoms. The van der Waals surface area contributed by atoms with Crippen LogP contribution in [0.5, 0.6) is 0 Å². The quantitative estimate of drug-likeness (QED) is 0.152. The molecule has 0 unspecified atom stereocenters. The number of para-hydroxylation sites is 3. The zero-order chi connectivity index (χ0) is 42.8. The predicted molar refractivity (Wildman–Crippen MR) is 269 cm³/mol. The van der Waals surface area contributed by atoms with Crippen molar-refractivity contribution in [3.63, 3.8) is 0 Å². The van der Waals surface area contributed by atoms with Gasteiger partial charge in [-0.25, -0.2) is 0 Å². The molecular formula is C61H44N2O. The van der Waals surface area contributed by atoms with Crippen LogP contribution in [0.15, 0.2) is 235 Å². The Morgan fingerprint density at radius 2 is 0.766 bits per heavy atom. The molecule has 1 aliphatic carbocycles. The summed E-state index contributed by atoms with van der Waals surface area (Å²) in [6.45, 7) is 4.74. The second-order valence-electron chi connectivity index (χ2n) is 17.4. The molecule has 0 fully saturated rings. The molecule has 1 heterocycles. The van der Waals surface area contributed by atoms with Crippen molar-refractivity contribution in [2.45, 2.75) is 19.3 Å². The molecule has 3 heteroatoms. The van der Waals surface area contributed by atoms with Crippen molar-refractivity contribution in [1.82, 2.24) is 0 Å². The summed E-state index contributed by atoms with van der Waals surface area (Å²) in [6, 6.07) is 83.3. The Bertz CT molecular complexity index is 3510. The molecular weight excluding hydrogens is 777 g/mol. The highest BCUT2D eigenvalue weighted by atomic mass is 16.3. The van der Waals surface area contributed by atoms with Gasteiger partial charge in [-0.1, -0.05) is 147 Å². The van der Waals surface area contributed by atoms with E-state index in [1.165, 1.54) is 44.2 Å². The van der Waals surface area contributed by atoms with Crippen LogP contribution in [0.2, 0.25) is 0 Å². The lowest BCUT2D eigenvalue weighted by Gasteiger charge is -2.28. The fourth-order valence-electron chi connectivity index (χ4n) is 9.92. The van der Waals surface area contributed by atoms with Gasteiger partial charge in [-0.3, -0.25) is 0 Å². The number of hydrogen-bond acceptors (Lipinski definition) is 3. The van der Waals surface area contributed by atoms with E-state index in [1.54, 1.807) is 0 Å². The average Bonchev–Trinajstić information content (AvgIpc) is 3.83. The van der Waals surface area contributed by atoms with Crippen molar-refractivity contribution in [3.05, 3.63) is 242 Å². The van der Waals surface area contributed by atoms with Crippen LogP contribution < -0.4 is 9.80 Å². The van der Waals surface area contributed by atoms with E-state index in [2.05, 4.69) is 242 Å². The molecule has 0 bridgehead atoms. The molecule has 0 aliphatic heterocycles. The summed E-state index contributed by atoms with van der Waals surface area (Å²) in [6.07, 6.45) is 0. The van der Waals surface area contributed by atoms with Crippen LogP contribution in [-0.4, -0.2) is 0 Å². The smallest absolute Gasteiger partial charge is 0.137 e. The summed E-state index contributed by atoms with van der Waals surface area (Å²) in [4.78, 5) is 4.67. The van der Waals surface area contributed by atoms with Gasteiger partial charge in [0.05, 0.1) is 0 Å². The van der Waals surface area contributed by atoms with Gasteiger partial charge in [-0.2, -0.15) is 0 Å². The zero-order valence-corrected chi connectivity index (χ0v) is 35.7. The molecule has 11 aromatic rings. The Morgan fingerprint density at radius 3 is 1.44 bits per heavy atom. The van der Waals surface area contributed by atoms with Gasteiger partial charge >= 0.3 is 0 Å². The lowest BCUT2D eigenvalue weighted by Crippen LogP contribution is -2.16. The molecule has 0 radical (unpaired) electrons. The Kier molecular flexibility index (Phi) is 8.84. The molecule has 0 saturated heterocycles. The molecule has 1 aromatic heterocycles. The number of rotatable bonds is 8. The molecule has 64 heavy (non-hydrogen) atoms. The van der Waals surface area contributed by atoms with Crippen LogP contribution in [0.4, 0.5) is 34.1 Å². The van der Waals surface area contributed by atoms with Crippen LogP contribution in [0.25, 0.3) is 66.1 Å². The first-order valence-electron chi connectivity index (χ1n) is 22.1. The number of benzene rings is 10. The van der Waals surface area contributed by atoms with Crippen molar-refractivity contribution in [1.29, 1.82) is 0 Å². The maximum Gasteiger partial charge on any atom is 0.137 e. The van der Waals surface area contributed by atoms with Crippen molar-refractivity contribution < 1.29 is 4.42 Å². The molecule has 1 aliphatic rings. The molecule has 0 saturated carbocycles. The molecule has 3 nitrogen and oxygen atoms in total. The fraction of sp³-hybridized carbons (Fsp3) is 0.0492. The normalized spacial score (nSPS) is 12.7. The molecule has 10 aromatic carbocycles. The van der Waals surface area contributed by atoms with Gasteiger partial charge in [0.15, 0.2) is 0 Å². The molecule has 304 valence electrons. The van der Waals surface area contributed by atoms with Crippen LogP contribution in [0.3, 0.4) is 0 Å². The first-order chi connectivity index (χ1) is 31.5. The van der Waals surface area contributed by atoms with Gasteiger partial charge in [0.25, 0.3) is 0 Å². The highest BCUT2D eigenvalue weighted by Gasteiger charge is 2.36. The SMILES string of the molecule is CC1(C)c2cc(-c3ccc4ccccc4c3)ccc2-c2ccc(N(c3ccccc3)c3ccc(-c4ccc(N(c5ccccc5)c5ccc6c(c5)oc5ccccc56)cc4)cc3)cc21. The topological polar surface area (TPSA) is 19.6 Å². The molecule has 0 atom stereocenters. The Labute approximate surface area is 373 Å². The highest BCUT2D eigenvalue weighted by Crippen LogP contribution is 2.52. The standard InChI is InChI=1S/C61H44N2O/c1-61(2)57-38-46(45-22-21-41-13-9-10-14-44(41)37-45)27-34-53(57)54-35-32-51(39-58(54)61)62(47-15-5-3-6-16-47)49-28-23-42(24-29-49)43-25-30-50(31-26-43)63(48-17-7-4-8-18-48)52-33-36-56-55-19-11-12-20-59(55)64-60(56)40-52/h3-40H,1-2H3. The van der Waals surface area contributed by atoms with E-state index < -0.39 is 0 Å². The third kappa shape index (κ3) is 6.36. The maximum atomic E-state index is 6.31. The number of fused-ring (bicyclic) bond motifs is 7. The summed E-state index contributed by atoms with van der Waals surface area (Å²) in [7, 11) is 0. The van der Waals surface area contributed by atoms with E-state index in [9.17, 15) is 0 Å². The van der Waals surface area contributed by atoms with Gasteiger partial charge < -0.3 is 14.2 Å². The van der Waals surface area contributed by atoms with Crippen molar-refractivity contribution in [2.24, 2.45) is 0 Å². The number of nitrogens with zero attached hydrogens (tertiary/aromatic N) is 2. The minimum atomic E-state index is -0.178. The van der Waals surface area contributed by atoms with Crippen molar-refractivity contribution in [2.75, 3.05) is 9.80 Å². The fourth-order valence-corrected chi connectivity index (χ4v) is 9.92. The van der Waals surface area contributed by atoms with E-state index in [4.69, 9.17) is 4.42 Å². The van der Waals surface area contributed by atoms with Gasteiger partial charge in [-0.15, -0.1) is 0 Å². The van der Waals surface area contributed by atoms with E-state index in [0.29, 0.717) is 0 Å². The summed E-state index contributed by atoms with van der Waals surface area (Å²) in [5, 5.41) is 4.78. The Balaban J connectivity index is 0.859. The van der Waals surface area contributed by atoms with Gasteiger partial charge in [-0.05, 0) is 146 Å². The van der Waals surface area contributed by atoms with Crippen molar-refractivity contribution >= 4 is 66.8 Å². The maximum absolute atomic E-state index is 6.31. The van der Waals surface area contributed by atoms with Crippen LogP contribution in [-0.2, 0) is 5.41 Å². The zero-order valence-electron chi connectivity index (χ0n) is 35.7. The molecule has 12 rings (SSSR count). The van der Waals surface area contributed by atoms with Crippen LogP contribution >= 0.6 is 0 Å². The number of furan rings is 1. The molecule has 0 amide bonds. The molecule has 0 N–H and O–H groups in total. The Hall–Kier alpha value is -8.14. The number of anilines is 6. The largest absolute Gasteiger partial charge is 0.456 e. The first kappa shape index (κ1) is 37.6. The lowest BCUT2D eigenvalue weighted by molar-refractivity contribution is 0.660. The highest BCUT2D eigenvalue weighted by molar-refractivity contribution is 6.06. The van der Waals surface area contributed by atoms with E-state index in [-0.39, 0.29) is 5.41 Å². The second kappa shape index (κ2) is 15.0. The Morgan fingerprint density at radius 1 is 0.312 bits per heavy atom. The first-order valence-corrected chi connectivity index (χ1v) is 22.1. The van der Waals surface area contributed by atoms with Gasteiger partial charge in [0.2, 0.25) is 0 Å². The van der Waals surface area contributed by atoms with E-state index in [1.807, 2.05) is 12.1 Å². The summed E-state index contributed by atoms with van der Waals surface area (Å²) >= 11 is 0. The minimum Gasteiger partial charge on any atom is -0.456 e. The lowest BCUT2D eigenvalue weighted by atomic mass is 9.81. The third-order valence-corrected chi connectivity index (χ3v) is 13.2. The van der Waals surface area contributed by atoms with Gasteiger partial charge in [0, 0.05) is 56.4 Å². The monoisotopic (exact) mass is 820 g/mol. The van der Waals surface area contributed by atoms with Gasteiger partial charge in [0.1, 0.15) is 11.2 Å². The number of hydrogen-bond donors (Lipinski definition) is 0. The minimum absolute atomic E-state index is 0.178. The van der Waals surface area contributed by atoms with Crippen LogP contribution in [0, 0.1) is 0 Å². The second-order valence-corrected chi connectivity index (χ2v) is 17.4. The third-order valence-electron chi connectivity index (χ3n) is 13.2. The van der Waals surface area contributed by atoms with Crippen LogP contribution in [0.1, 0.15) is 25.0 Å².